The Bertz CT molecular complexity index is 1360. The fourth-order valence-corrected chi connectivity index (χ4v) is 6.13. The van der Waals surface area contributed by atoms with E-state index in [0.29, 0.717) is 17.0 Å². The fourth-order valence-electron chi connectivity index (χ4n) is 4.48. The molecule has 1 saturated heterocycles. The van der Waals surface area contributed by atoms with Crippen molar-refractivity contribution in [1.82, 2.24) is 19.4 Å². The number of halogens is 4. The number of amides is 1. The third kappa shape index (κ3) is 4.29. The van der Waals surface area contributed by atoms with Crippen molar-refractivity contribution < 1.29 is 23.1 Å². The zero-order valence-electron chi connectivity index (χ0n) is 18.1. The van der Waals surface area contributed by atoms with Gasteiger partial charge < -0.3 is 14.9 Å². The molecule has 2 aromatic heterocycles. The van der Waals surface area contributed by atoms with Gasteiger partial charge in [0.15, 0.2) is 0 Å². The lowest BCUT2D eigenvalue weighted by atomic mass is 10.1. The van der Waals surface area contributed by atoms with Gasteiger partial charge in [0.2, 0.25) is 0 Å². The highest BCUT2D eigenvalue weighted by molar-refractivity contribution is 7.99. The van der Waals surface area contributed by atoms with Crippen LogP contribution in [0.1, 0.15) is 17.2 Å². The van der Waals surface area contributed by atoms with Gasteiger partial charge in [0.1, 0.15) is 5.82 Å². The van der Waals surface area contributed by atoms with Crippen LogP contribution in [-0.4, -0.2) is 62.6 Å². The van der Waals surface area contributed by atoms with Crippen molar-refractivity contribution in [3.8, 4) is 0 Å². The molecule has 3 aromatic rings. The summed E-state index contributed by atoms with van der Waals surface area (Å²) in [4.78, 5) is 36.1. The van der Waals surface area contributed by atoms with Gasteiger partial charge in [0, 0.05) is 61.7 Å². The summed E-state index contributed by atoms with van der Waals surface area (Å²) in [6, 6.07) is 6.34. The predicted molar refractivity (Wildman–Crippen MR) is 126 cm³/mol. The number of pyridine rings is 1. The normalized spacial score (nSPS) is 18.6. The number of piperazine rings is 1. The van der Waals surface area contributed by atoms with Gasteiger partial charge in [-0.3, -0.25) is 9.55 Å². The highest BCUT2D eigenvalue weighted by Gasteiger charge is 2.38. The molecular formula is C22H19ClF3N5O3S. The van der Waals surface area contributed by atoms with E-state index in [9.17, 15) is 27.9 Å². The average Bonchev–Trinajstić information content (AvgIpc) is 3.04. The Morgan fingerprint density at radius 1 is 1.20 bits per heavy atom. The van der Waals surface area contributed by atoms with Crippen LogP contribution < -0.4 is 10.6 Å². The third-order valence-corrected chi connectivity index (χ3v) is 7.99. The van der Waals surface area contributed by atoms with Crippen LogP contribution in [0.3, 0.4) is 0 Å². The third-order valence-electron chi connectivity index (χ3n) is 6.23. The topological polar surface area (TPSA) is 91.6 Å². The molecular weight excluding hydrogens is 507 g/mol. The summed E-state index contributed by atoms with van der Waals surface area (Å²) >= 11 is 7.48. The minimum absolute atomic E-state index is 0.103. The highest BCUT2D eigenvalue weighted by Crippen LogP contribution is 2.47. The Kier molecular flexibility index (Phi) is 6.04. The van der Waals surface area contributed by atoms with E-state index in [1.165, 1.54) is 21.2 Å². The second-order valence-corrected chi connectivity index (χ2v) is 9.72. The number of carbonyl (C=O) groups is 1. The van der Waals surface area contributed by atoms with Crippen molar-refractivity contribution in [2.45, 2.75) is 23.5 Å². The van der Waals surface area contributed by atoms with Crippen molar-refractivity contribution in [2.75, 3.05) is 36.8 Å². The van der Waals surface area contributed by atoms with Crippen molar-refractivity contribution in [1.29, 1.82) is 0 Å². The summed E-state index contributed by atoms with van der Waals surface area (Å²) in [5.74, 6) is 0.235. The molecule has 2 aliphatic heterocycles. The quantitative estimate of drug-likeness (QED) is 0.537. The van der Waals surface area contributed by atoms with Crippen LogP contribution in [0.25, 0.3) is 10.9 Å². The number of carboxylic acid groups (broad SMARTS) is 1. The van der Waals surface area contributed by atoms with E-state index in [0.717, 1.165) is 6.07 Å². The average molecular weight is 526 g/mol. The number of hydrogen-bond acceptors (Lipinski definition) is 6. The van der Waals surface area contributed by atoms with Crippen molar-refractivity contribution in [3.05, 3.63) is 57.2 Å². The molecule has 184 valence electrons. The molecule has 1 aromatic carbocycles. The molecule has 0 unspecified atom stereocenters. The van der Waals surface area contributed by atoms with E-state index >= 15 is 0 Å². The van der Waals surface area contributed by atoms with Gasteiger partial charge in [0.05, 0.1) is 21.0 Å². The fraction of sp³-hybridized carbons (Fsp3) is 0.364. The largest absolute Gasteiger partial charge is 0.465 e. The van der Waals surface area contributed by atoms with Gasteiger partial charge in [0.25, 0.3) is 0 Å². The van der Waals surface area contributed by atoms with Crippen molar-refractivity contribution in [2.24, 2.45) is 0 Å². The number of aromatic nitrogens is 3. The van der Waals surface area contributed by atoms with Crippen molar-refractivity contribution in [3.63, 3.8) is 0 Å². The van der Waals surface area contributed by atoms with E-state index in [1.807, 2.05) is 12.1 Å². The van der Waals surface area contributed by atoms with Crippen molar-refractivity contribution >= 4 is 46.2 Å². The zero-order chi connectivity index (χ0) is 24.9. The maximum absolute atomic E-state index is 14.0. The molecule has 2 aliphatic rings. The summed E-state index contributed by atoms with van der Waals surface area (Å²) in [5, 5.41) is 8.94. The van der Waals surface area contributed by atoms with Crippen LogP contribution in [0.5, 0.6) is 0 Å². The summed E-state index contributed by atoms with van der Waals surface area (Å²) in [7, 11) is 0. The lowest BCUT2D eigenvalue weighted by molar-refractivity contribution is -0.137. The molecule has 1 fully saturated rings. The minimum Gasteiger partial charge on any atom is -0.465 e. The molecule has 1 amide bonds. The second-order valence-electron chi connectivity index (χ2n) is 8.31. The van der Waals surface area contributed by atoms with E-state index in [2.05, 4.69) is 9.97 Å². The first-order valence-corrected chi connectivity index (χ1v) is 12.1. The smallest absolute Gasteiger partial charge is 0.417 e. The molecule has 4 heterocycles. The van der Waals surface area contributed by atoms with Gasteiger partial charge in [-0.25, -0.2) is 9.59 Å². The summed E-state index contributed by atoms with van der Waals surface area (Å²) in [6.07, 6.45) is -4.16. The van der Waals surface area contributed by atoms with Crippen LogP contribution >= 0.6 is 23.4 Å². The molecule has 0 spiro atoms. The Labute approximate surface area is 206 Å². The van der Waals surface area contributed by atoms with Crippen LogP contribution in [0.15, 0.2) is 40.2 Å². The molecule has 5 rings (SSSR count). The number of nitrogens with zero attached hydrogens (tertiary/aromatic N) is 5. The van der Waals surface area contributed by atoms with Gasteiger partial charge in [-0.2, -0.15) is 18.2 Å². The molecule has 0 bridgehead atoms. The maximum Gasteiger partial charge on any atom is 0.417 e. The first kappa shape index (κ1) is 23.7. The van der Waals surface area contributed by atoms with E-state index < -0.39 is 28.5 Å². The van der Waals surface area contributed by atoms with Gasteiger partial charge >= 0.3 is 18.0 Å². The number of rotatable bonds is 2. The SMILES string of the molecule is O=C(O)N1CCN(c2nc(=O)n3c4c(c(Cl)c(C(F)(F)F)cc24)SC[C@H](c2ccccn2)C3)CC1. The minimum atomic E-state index is -4.71. The predicted octanol–water partition coefficient (Wildman–Crippen LogP) is 4.15. The van der Waals surface area contributed by atoms with Gasteiger partial charge in [-0.05, 0) is 18.2 Å². The van der Waals surface area contributed by atoms with Crippen LogP contribution in [-0.2, 0) is 12.7 Å². The Morgan fingerprint density at radius 2 is 1.94 bits per heavy atom. The Morgan fingerprint density at radius 3 is 2.57 bits per heavy atom. The van der Waals surface area contributed by atoms with E-state index in [4.69, 9.17) is 11.6 Å². The lowest BCUT2D eigenvalue weighted by Gasteiger charge is -2.34. The van der Waals surface area contributed by atoms with Crippen LogP contribution in [0, 0.1) is 0 Å². The number of benzene rings is 1. The van der Waals surface area contributed by atoms with E-state index in [1.54, 1.807) is 17.2 Å². The Balaban J connectivity index is 1.70. The monoisotopic (exact) mass is 525 g/mol. The molecule has 0 aliphatic carbocycles. The lowest BCUT2D eigenvalue weighted by Crippen LogP contribution is -2.49. The molecule has 1 N–H and O–H groups in total. The number of anilines is 1. The Hall–Kier alpha value is -2.99. The molecule has 8 nitrogen and oxygen atoms in total. The second kappa shape index (κ2) is 8.90. The number of thioether (sulfide) groups is 1. The van der Waals surface area contributed by atoms with Crippen LogP contribution in [0.2, 0.25) is 5.02 Å². The van der Waals surface area contributed by atoms with Gasteiger partial charge in [-0.15, -0.1) is 11.8 Å². The number of hydrogen-bond donors (Lipinski definition) is 1. The van der Waals surface area contributed by atoms with Gasteiger partial charge in [-0.1, -0.05) is 17.7 Å². The maximum atomic E-state index is 14.0. The first-order chi connectivity index (χ1) is 16.6. The molecule has 0 saturated carbocycles. The van der Waals surface area contributed by atoms with E-state index in [-0.39, 0.29) is 54.7 Å². The molecule has 1 atom stereocenters. The summed E-state index contributed by atoms with van der Waals surface area (Å²) in [6.45, 7) is 0.866. The summed E-state index contributed by atoms with van der Waals surface area (Å²) in [5.41, 5.74) is -0.576. The standard InChI is InChI=1S/C22H19ClF3N5O3S/c23-16-14(22(24,25)26)9-13-17-18(16)35-11-12(15-3-1-2-4-27-15)10-31(17)20(32)28-19(13)29-5-7-30(8-6-29)21(33)34/h1-4,9,12H,5-8,10-11H2,(H,33,34)/t12-/m1/s1. The van der Waals surface area contributed by atoms with Crippen LogP contribution in [0.4, 0.5) is 23.8 Å². The number of alkyl halides is 3. The molecule has 0 radical (unpaired) electrons. The molecule has 13 heteroatoms. The summed E-state index contributed by atoms with van der Waals surface area (Å²) < 4.78 is 43.3. The zero-order valence-corrected chi connectivity index (χ0v) is 19.7. The highest BCUT2D eigenvalue weighted by atomic mass is 35.5. The molecule has 35 heavy (non-hydrogen) atoms. The first-order valence-electron chi connectivity index (χ1n) is 10.8.